The van der Waals surface area contributed by atoms with E-state index in [1.807, 2.05) is 55.5 Å². The van der Waals surface area contributed by atoms with E-state index in [2.05, 4.69) is 5.32 Å². The minimum Gasteiger partial charge on any atom is -0.508 e. The van der Waals surface area contributed by atoms with Crippen molar-refractivity contribution in [3.8, 4) is 17.2 Å². The van der Waals surface area contributed by atoms with E-state index in [0.29, 0.717) is 17.9 Å². The fourth-order valence-electron chi connectivity index (χ4n) is 2.42. The number of ether oxygens (including phenoxy) is 1. The second kappa shape index (κ2) is 7.53. The van der Waals surface area contributed by atoms with Crippen molar-refractivity contribution in [3.05, 3.63) is 83.9 Å². The molecule has 4 heteroatoms. The summed E-state index contributed by atoms with van der Waals surface area (Å²) in [6.45, 7) is 1.96. The van der Waals surface area contributed by atoms with Gasteiger partial charge in [0.05, 0.1) is 6.42 Å². The zero-order valence-electron chi connectivity index (χ0n) is 13.9. The molecule has 126 valence electrons. The maximum atomic E-state index is 12.2. The van der Waals surface area contributed by atoms with Crippen molar-refractivity contribution in [3.63, 3.8) is 0 Å². The highest BCUT2D eigenvalue weighted by Crippen LogP contribution is 2.23. The molecule has 1 amide bonds. The minimum absolute atomic E-state index is 0.0542. The summed E-state index contributed by atoms with van der Waals surface area (Å²) in [5.41, 5.74) is 2.78. The first-order valence-corrected chi connectivity index (χ1v) is 8.01. The molecular formula is C21H19NO3. The van der Waals surface area contributed by atoms with Crippen LogP contribution in [0, 0.1) is 6.92 Å². The molecule has 0 atom stereocenters. The van der Waals surface area contributed by atoms with Gasteiger partial charge in [-0.05, 0) is 60.5 Å². The molecule has 0 heterocycles. The van der Waals surface area contributed by atoms with Gasteiger partial charge in [0.2, 0.25) is 5.91 Å². The Morgan fingerprint density at radius 3 is 2.16 bits per heavy atom. The quantitative estimate of drug-likeness (QED) is 0.713. The first kappa shape index (κ1) is 16.6. The largest absolute Gasteiger partial charge is 0.508 e. The first-order chi connectivity index (χ1) is 12.1. The molecule has 3 aromatic carbocycles. The van der Waals surface area contributed by atoms with Crippen LogP contribution in [-0.4, -0.2) is 11.0 Å². The lowest BCUT2D eigenvalue weighted by atomic mass is 10.1. The summed E-state index contributed by atoms with van der Waals surface area (Å²) in [4.78, 5) is 12.2. The summed E-state index contributed by atoms with van der Waals surface area (Å²) in [7, 11) is 0. The average Bonchev–Trinajstić information content (AvgIpc) is 2.61. The van der Waals surface area contributed by atoms with Crippen LogP contribution in [0.2, 0.25) is 0 Å². The van der Waals surface area contributed by atoms with Gasteiger partial charge in [-0.3, -0.25) is 4.79 Å². The van der Waals surface area contributed by atoms with Crippen molar-refractivity contribution in [1.29, 1.82) is 0 Å². The zero-order valence-corrected chi connectivity index (χ0v) is 13.9. The summed E-state index contributed by atoms with van der Waals surface area (Å²) in [6.07, 6.45) is 0.299. The maximum Gasteiger partial charge on any atom is 0.228 e. The van der Waals surface area contributed by atoms with E-state index in [9.17, 15) is 9.90 Å². The highest BCUT2D eigenvalue weighted by molar-refractivity contribution is 5.92. The number of para-hydroxylation sites is 1. The third-order valence-corrected chi connectivity index (χ3v) is 3.78. The van der Waals surface area contributed by atoms with E-state index in [1.165, 1.54) is 0 Å². The Kier molecular flexibility index (Phi) is 5.00. The minimum atomic E-state index is -0.0542. The third-order valence-electron chi connectivity index (χ3n) is 3.78. The summed E-state index contributed by atoms with van der Waals surface area (Å²) in [5, 5.41) is 12.2. The number of phenolic OH excluding ortho intramolecular Hbond substituents is 1. The van der Waals surface area contributed by atoms with Crippen LogP contribution in [0.3, 0.4) is 0 Å². The summed E-state index contributed by atoms with van der Waals surface area (Å²) in [5.74, 6) is 1.46. The molecule has 0 radical (unpaired) electrons. The molecule has 0 aliphatic carbocycles. The van der Waals surface area contributed by atoms with Crippen LogP contribution in [0.25, 0.3) is 0 Å². The van der Waals surface area contributed by atoms with E-state index in [0.717, 1.165) is 16.8 Å². The lowest BCUT2D eigenvalue weighted by Gasteiger charge is -2.09. The van der Waals surface area contributed by atoms with E-state index >= 15 is 0 Å². The Labute approximate surface area is 146 Å². The molecule has 3 aromatic rings. The highest BCUT2D eigenvalue weighted by atomic mass is 16.5. The average molecular weight is 333 g/mol. The van der Waals surface area contributed by atoms with Crippen LogP contribution in [0.1, 0.15) is 11.1 Å². The van der Waals surface area contributed by atoms with Crippen molar-refractivity contribution >= 4 is 11.6 Å². The van der Waals surface area contributed by atoms with Gasteiger partial charge in [-0.25, -0.2) is 0 Å². The Hall–Kier alpha value is -3.27. The smallest absolute Gasteiger partial charge is 0.228 e. The number of carbonyl (C=O) groups is 1. The van der Waals surface area contributed by atoms with Crippen LogP contribution >= 0.6 is 0 Å². The van der Waals surface area contributed by atoms with Gasteiger partial charge in [-0.2, -0.15) is 0 Å². The molecule has 0 saturated heterocycles. The van der Waals surface area contributed by atoms with Crippen LogP contribution in [0.15, 0.2) is 72.8 Å². The Balaban J connectivity index is 1.59. The fourth-order valence-corrected chi connectivity index (χ4v) is 2.42. The second-order valence-electron chi connectivity index (χ2n) is 5.78. The molecule has 25 heavy (non-hydrogen) atoms. The van der Waals surface area contributed by atoms with Crippen LogP contribution in [0.5, 0.6) is 17.2 Å². The molecule has 0 spiro atoms. The van der Waals surface area contributed by atoms with Gasteiger partial charge in [0.15, 0.2) is 0 Å². The van der Waals surface area contributed by atoms with Crippen molar-refractivity contribution in [2.75, 3.05) is 5.32 Å². The molecule has 3 rings (SSSR count). The van der Waals surface area contributed by atoms with E-state index < -0.39 is 0 Å². The number of aromatic hydroxyl groups is 1. The molecule has 0 saturated carbocycles. The number of amides is 1. The number of hydrogen-bond donors (Lipinski definition) is 2. The summed E-state index contributed by atoms with van der Waals surface area (Å²) >= 11 is 0. The molecule has 4 nitrogen and oxygen atoms in total. The third kappa shape index (κ3) is 4.61. The van der Waals surface area contributed by atoms with Crippen molar-refractivity contribution in [2.45, 2.75) is 13.3 Å². The molecule has 0 aliphatic rings. The first-order valence-electron chi connectivity index (χ1n) is 8.01. The molecule has 0 unspecified atom stereocenters. The van der Waals surface area contributed by atoms with Gasteiger partial charge >= 0.3 is 0 Å². The van der Waals surface area contributed by atoms with Gasteiger partial charge in [0.25, 0.3) is 0 Å². The molecule has 2 N–H and O–H groups in total. The normalized spacial score (nSPS) is 10.3. The van der Waals surface area contributed by atoms with Crippen molar-refractivity contribution in [1.82, 2.24) is 0 Å². The number of nitrogens with one attached hydrogen (secondary N) is 1. The number of benzene rings is 3. The lowest BCUT2D eigenvalue weighted by Crippen LogP contribution is -2.15. The second-order valence-corrected chi connectivity index (χ2v) is 5.78. The van der Waals surface area contributed by atoms with Gasteiger partial charge in [0, 0.05) is 5.69 Å². The Bertz CT molecular complexity index is 855. The highest BCUT2D eigenvalue weighted by Gasteiger charge is 2.06. The van der Waals surface area contributed by atoms with E-state index in [-0.39, 0.29) is 11.7 Å². The van der Waals surface area contributed by atoms with E-state index in [1.54, 1.807) is 24.3 Å². The number of rotatable bonds is 5. The van der Waals surface area contributed by atoms with Crippen molar-refractivity contribution in [2.24, 2.45) is 0 Å². The van der Waals surface area contributed by atoms with Crippen LogP contribution in [0.4, 0.5) is 5.69 Å². The van der Waals surface area contributed by atoms with Crippen LogP contribution < -0.4 is 10.1 Å². The summed E-state index contributed by atoms with van der Waals surface area (Å²) in [6, 6.07) is 21.6. The Morgan fingerprint density at radius 1 is 0.920 bits per heavy atom. The topological polar surface area (TPSA) is 58.6 Å². The number of carbonyl (C=O) groups excluding carboxylic acids is 1. The monoisotopic (exact) mass is 333 g/mol. The molecule has 0 bridgehead atoms. The number of anilines is 1. The number of aryl methyl sites for hydroxylation is 1. The van der Waals surface area contributed by atoms with Gasteiger partial charge in [-0.15, -0.1) is 0 Å². The summed E-state index contributed by atoms with van der Waals surface area (Å²) < 4.78 is 5.69. The molecule has 0 aromatic heterocycles. The standard InChI is InChI=1S/C21H19NO3/c1-15-4-2-3-5-20(15)22-21(24)14-16-6-10-18(11-7-16)25-19-12-8-17(23)9-13-19/h2-13,23H,14H2,1H3,(H,22,24). The Morgan fingerprint density at radius 2 is 1.52 bits per heavy atom. The number of phenols is 1. The molecule has 0 fully saturated rings. The maximum absolute atomic E-state index is 12.2. The van der Waals surface area contributed by atoms with Gasteiger partial charge < -0.3 is 15.2 Å². The number of hydrogen-bond acceptors (Lipinski definition) is 3. The molecular weight excluding hydrogens is 314 g/mol. The SMILES string of the molecule is Cc1ccccc1NC(=O)Cc1ccc(Oc2ccc(O)cc2)cc1. The van der Waals surface area contributed by atoms with Gasteiger partial charge in [-0.1, -0.05) is 30.3 Å². The van der Waals surface area contributed by atoms with Gasteiger partial charge in [0.1, 0.15) is 17.2 Å². The zero-order chi connectivity index (χ0) is 17.6. The lowest BCUT2D eigenvalue weighted by molar-refractivity contribution is -0.115. The van der Waals surface area contributed by atoms with Crippen LogP contribution in [-0.2, 0) is 11.2 Å². The fraction of sp³-hybridized carbons (Fsp3) is 0.0952. The predicted molar refractivity (Wildman–Crippen MR) is 98.1 cm³/mol. The molecule has 0 aliphatic heterocycles. The van der Waals surface area contributed by atoms with Crippen molar-refractivity contribution < 1.29 is 14.6 Å². The predicted octanol–water partition coefficient (Wildman–Crippen LogP) is 4.67. The van der Waals surface area contributed by atoms with E-state index in [4.69, 9.17) is 4.74 Å².